The molecule has 29 heavy (non-hydrogen) atoms. The van der Waals surface area contributed by atoms with Gasteiger partial charge in [-0.3, -0.25) is 0 Å². The fraction of sp³-hybridized carbons (Fsp3) is 0.852. The molecule has 2 atom stereocenters. The molecular weight excluding hydrogens is 386 g/mol. The normalized spacial score (nSPS) is 26.4. The Morgan fingerprint density at radius 1 is 0.759 bits per heavy atom. The molecule has 3 aliphatic rings. The first kappa shape index (κ1) is 24.0. The molecule has 0 heterocycles. The fourth-order valence-corrected chi connectivity index (χ4v) is 16.3. The summed E-state index contributed by atoms with van der Waals surface area (Å²) >= 11 is 0. The number of hydrogen-bond acceptors (Lipinski definition) is 0. The van der Waals surface area contributed by atoms with Crippen molar-refractivity contribution in [3.8, 4) is 0 Å². The average molecular weight is 435 g/mol. The molecule has 3 aliphatic carbocycles. The number of hydrogen-bond donors (Lipinski definition) is 0. The minimum absolute atomic E-state index is 0.0426. The van der Waals surface area contributed by atoms with Gasteiger partial charge in [0.05, 0.1) is 0 Å². The quantitative estimate of drug-likeness (QED) is 0.378. The van der Waals surface area contributed by atoms with Gasteiger partial charge in [0.25, 0.3) is 0 Å². The van der Waals surface area contributed by atoms with E-state index in [0.717, 1.165) is 22.9 Å². The highest BCUT2D eigenvalue weighted by atomic mass is 31.1. The van der Waals surface area contributed by atoms with E-state index in [9.17, 15) is 0 Å². The van der Waals surface area contributed by atoms with Gasteiger partial charge < -0.3 is 0 Å². The van der Waals surface area contributed by atoms with Gasteiger partial charge in [-0.05, 0) is 58.3 Å². The van der Waals surface area contributed by atoms with Crippen LogP contribution in [0, 0.1) is 5.92 Å². The van der Waals surface area contributed by atoms with Crippen LogP contribution in [0.25, 0.3) is 0 Å². The summed E-state index contributed by atoms with van der Waals surface area (Å²) < 4.78 is 0. The molecule has 2 saturated carbocycles. The van der Waals surface area contributed by atoms with Gasteiger partial charge in [-0.2, -0.15) is 0 Å². The summed E-state index contributed by atoms with van der Waals surface area (Å²) in [4.78, 5) is 0. The van der Waals surface area contributed by atoms with E-state index in [1.54, 1.807) is 0 Å². The SMILES string of the molecule is CC(C1C=CC=C1P(C1CCCCC1)C1CCCCC1)P(C(C)(C)C)C(C)(C)C. The highest BCUT2D eigenvalue weighted by molar-refractivity contribution is 7.64. The van der Waals surface area contributed by atoms with Gasteiger partial charge in [-0.1, -0.05) is 121 Å². The van der Waals surface area contributed by atoms with Crippen molar-refractivity contribution in [1.29, 1.82) is 0 Å². The van der Waals surface area contributed by atoms with Crippen molar-refractivity contribution in [1.82, 2.24) is 0 Å². The minimum atomic E-state index is -0.0830. The van der Waals surface area contributed by atoms with Gasteiger partial charge in [0, 0.05) is 5.92 Å². The smallest absolute Gasteiger partial charge is 0.00910 e. The van der Waals surface area contributed by atoms with E-state index >= 15 is 0 Å². The zero-order valence-electron chi connectivity index (χ0n) is 20.5. The van der Waals surface area contributed by atoms with Gasteiger partial charge in [0.15, 0.2) is 0 Å². The lowest BCUT2D eigenvalue weighted by atomic mass is 9.99. The van der Waals surface area contributed by atoms with E-state index < -0.39 is 0 Å². The van der Waals surface area contributed by atoms with E-state index in [0.29, 0.717) is 10.3 Å². The molecule has 2 unspecified atom stereocenters. The Morgan fingerprint density at radius 2 is 1.21 bits per heavy atom. The summed E-state index contributed by atoms with van der Waals surface area (Å²) in [7, 11) is -0.0403. The van der Waals surface area contributed by atoms with Crippen LogP contribution in [0.15, 0.2) is 23.5 Å². The zero-order valence-corrected chi connectivity index (χ0v) is 22.3. The second-order valence-corrected chi connectivity index (χ2v) is 19.0. The van der Waals surface area contributed by atoms with Crippen molar-refractivity contribution >= 4 is 15.8 Å². The molecule has 0 bridgehead atoms. The Kier molecular flexibility index (Phi) is 8.16. The summed E-state index contributed by atoms with van der Waals surface area (Å²) in [6, 6.07) is 0. The van der Waals surface area contributed by atoms with Crippen LogP contribution < -0.4 is 0 Å². The van der Waals surface area contributed by atoms with Crippen molar-refractivity contribution < 1.29 is 0 Å². The third-order valence-corrected chi connectivity index (χ3v) is 15.2. The van der Waals surface area contributed by atoms with Crippen LogP contribution in [0.3, 0.4) is 0 Å². The Labute approximate surface area is 185 Å². The maximum absolute atomic E-state index is 2.62. The molecule has 0 saturated heterocycles. The highest BCUT2D eigenvalue weighted by Crippen LogP contribution is 2.69. The summed E-state index contributed by atoms with van der Waals surface area (Å²) in [5, 5.41) is 2.74. The topological polar surface area (TPSA) is 0 Å². The van der Waals surface area contributed by atoms with Gasteiger partial charge >= 0.3 is 0 Å². The lowest BCUT2D eigenvalue weighted by molar-refractivity contribution is 0.484. The lowest BCUT2D eigenvalue weighted by Crippen LogP contribution is -2.34. The average Bonchev–Trinajstić information content (AvgIpc) is 3.11. The maximum Gasteiger partial charge on any atom is 0.00910 e. The van der Waals surface area contributed by atoms with Crippen molar-refractivity contribution in [3.63, 3.8) is 0 Å². The lowest BCUT2D eigenvalue weighted by Gasteiger charge is -2.49. The number of rotatable bonds is 5. The number of allylic oxidation sites excluding steroid dienone is 4. The van der Waals surface area contributed by atoms with Crippen LogP contribution in [0.2, 0.25) is 0 Å². The fourth-order valence-electron chi connectivity index (χ4n) is 6.98. The van der Waals surface area contributed by atoms with E-state index in [2.05, 4.69) is 66.7 Å². The van der Waals surface area contributed by atoms with E-state index in [4.69, 9.17) is 0 Å². The summed E-state index contributed by atoms with van der Waals surface area (Å²) in [5.74, 6) is 0.717. The zero-order chi connectivity index (χ0) is 21.2. The summed E-state index contributed by atoms with van der Waals surface area (Å²) in [6.07, 6.45) is 22.7. The molecule has 0 nitrogen and oxygen atoms in total. The predicted molar refractivity (Wildman–Crippen MR) is 137 cm³/mol. The molecule has 2 heteroatoms. The van der Waals surface area contributed by atoms with Crippen LogP contribution in [0.4, 0.5) is 0 Å². The molecule has 0 amide bonds. The molecule has 0 spiro atoms. The minimum Gasteiger partial charge on any atom is -0.0918 e. The highest BCUT2D eigenvalue weighted by Gasteiger charge is 2.44. The monoisotopic (exact) mass is 434 g/mol. The molecule has 3 rings (SSSR count). The first-order valence-electron chi connectivity index (χ1n) is 12.6. The van der Waals surface area contributed by atoms with Gasteiger partial charge in [-0.25, -0.2) is 0 Å². The van der Waals surface area contributed by atoms with Crippen LogP contribution in [-0.4, -0.2) is 27.3 Å². The summed E-state index contributed by atoms with van der Waals surface area (Å²) in [6.45, 7) is 17.7. The first-order valence-corrected chi connectivity index (χ1v) is 15.5. The van der Waals surface area contributed by atoms with Gasteiger partial charge in [0.1, 0.15) is 0 Å². The molecule has 0 radical (unpaired) electrons. The molecule has 0 aromatic carbocycles. The van der Waals surface area contributed by atoms with Crippen LogP contribution in [-0.2, 0) is 0 Å². The standard InChI is InChI=1S/C27H48P2/c1-21(29(26(2,3)4)27(5,6)7)24-19-14-20-25(24)28(22-15-10-8-11-16-22)23-17-12-9-13-18-23/h14,19-24H,8-13,15-18H2,1-7H3. The Bertz CT molecular complexity index is 545. The molecule has 166 valence electrons. The molecular formula is C27H48P2. The Balaban J connectivity index is 1.89. The maximum atomic E-state index is 2.62. The Morgan fingerprint density at radius 3 is 1.62 bits per heavy atom. The first-order chi connectivity index (χ1) is 13.6. The van der Waals surface area contributed by atoms with Crippen molar-refractivity contribution in [3.05, 3.63) is 23.5 Å². The van der Waals surface area contributed by atoms with E-state index in [1.807, 2.05) is 5.31 Å². The molecule has 0 aromatic rings. The largest absolute Gasteiger partial charge is 0.0918 e. The van der Waals surface area contributed by atoms with E-state index in [1.165, 1.54) is 64.2 Å². The molecule has 0 N–H and O–H groups in total. The Hall–Kier alpha value is 0.340. The molecule has 0 aliphatic heterocycles. The second-order valence-electron chi connectivity index (χ2n) is 11.9. The third kappa shape index (κ3) is 5.78. The van der Waals surface area contributed by atoms with Gasteiger partial charge in [-0.15, -0.1) is 0 Å². The van der Waals surface area contributed by atoms with Crippen LogP contribution >= 0.6 is 15.8 Å². The third-order valence-electron chi connectivity index (χ3n) is 7.53. The van der Waals surface area contributed by atoms with Crippen LogP contribution in [0.1, 0.15) is 113 Å². The van der Waals surface area contributed by atoms with Crippen molar-refractivity contribution in [2.24, 2.45) is 5.92 Å². The summed E-state index contributed by atoms with van der Waals surface area (Å²) in [5.41, 5.74) is 2.84. The van der Waals surface area contributed by atoms with Gasteiger partial charge in [0.2, 0.25) is 0 Å². The van der Waals surface area contributed by atoms with E-state index in [-0.39, 0.29) is 15.8 Å². The molecule has 0 aromatic heterocycles. The van der Waals surface area contributed by atoms with Crippen molar-refractivity contribution in [2.75, 3.05) is 0 Å². The van der Waals surface area contributed by atoms with Crippen LogP contribution in [0.5, 0.6) is 0 Å². The van der Waals surface area contributed by atoms with Crippen molar-refractivity contribution in [2.45, 2.75) is 140 Å². The second kappa shape index (κ2) is 9.86. The predicted octanol–water partition coefficient (Wildman–Crippen LogP) is 9.67. The molecule has 2 fully saturated rings.